The van der Waals surface area contributed by atoms with Crippen LogP contribution in [0.3, 0.4) is 0 Å². The Hall–Kier alpha value is -1.55. The molecule has 0 radical (unpaired) electrons. The highest BCUT2D eigenvalue weighted by Crippen LogP contribution is 2.69. The van der Waals surface area contributed by atoms with Crippen LogP contribution in [-0.4, -0.2) is 27.9 Å². The number of hydrogen-bond donors (Lipinski definition) is 2. The van der Waals surface area contributed by atoms with Crippen LogP contribution >= 0.6 is 0 Å². The average Bonchev–Trinajstić information content (AvgIpc) is 3.12. The summed E-state index contributed by atoms with van der Waals surface area (Å²) in [5.41, 5.74) is -0.104. The Morgan fingerprint density at radius 1 is 1.07 bits per heavy atom. The average molecular weight is 373 g/mol. The quantitative estimate of drug-likeness (QED) is 0.765. The van der Waals surface area contributed by atoms with Crippen molar-refractivity contribution in [1.82, 2.24) is 0 Å². The van der Waals surface area contributed by atoms with Crippen LogP contribution in [0.15, 0.2) is 24.3 Å². The zero-order valence-electron chi connectivity index (χ0n) is 16.9. The molecule has 0 aromatic heterocycles. The second kappa shape index (κ2) is 5.97. The number of benzene rings is 1. The fraction of sp³-hybridized carbons (Fsp3) is 0.696. The van der Waals surface area contributed by atoms with E-state index in [-0.39, 0.29) is 40.5 Å². The summed E-state index contributed by atoms with van der Waals surface area (Å²) in [5, 5.41) is 21.1. The van der Waals surface area contributed by atoms with Gasteiger partial charge in [0.25, 0.3) is 0 Å². The lowest BCUT2D eigenvalue weighted by molar-refractivity contribution is -0.116. The minimum Gasteiger partial charge on any atom is -0.508 e. The molecule has 0 aliphatic heterocycles. The SMILES string of the molecule is CC(C)[C@]1(O)CC[C@]2(C)C[C@@H]3C[C@]3(C)C[C@H](OC(=O)c3ccc(O)cc3)[C@H]21. The highest BCUT2D eigenvalue weighted by molar-refractivity contribution is 5.89. The summed E-state index contributed by atoms with van der Waals surface area (Å²) in [4.78, 5) is 12.8. The molecule has 0 spiro atoms. The van der Waals surface area contributed by atoms with Gasteiger partial charge >= 0.3 is 5.97 Å². The normalized spacial score (nSPS) is 43.0. The molecule has 0 amide bonds. The monoisotopic (exact) mass is 372 g/mol. The molecule has 4 nitrogen and oxygen atoms in total. The molecule has 2 N–H and O–H groups in total. The number of fused-ring (bicyclic) bond motifs is 2. The Kier molecular flexibility index (Phi) is 4.16. The van der Waals surface area contributed by atoms with E-state index in [9.17, 15) is 15.0 Å². The first-order chi connectivity index (χ1) is 12.6. The van der Waals surface area contributed by atoms with E-state index in [1.165, 1.54) is 18.6 Å². The molecule has 0 heterocycles. The maximum absolute atomic E-state index is 12.8. The molecule has 0 bridgehead atoms. The van der Waals surface area contributed by atoms with Crippen molar-refractivity contribution in [3.8, 4) is 5.75 Å². The van der Waals surface area contributed by atoms with E-state index in [1.807, 2.05) is 0 Å². The van der Waals surface area contributed by atoms with E-state index in [4.69, 9.17) is 4.74 Å². The Balaban J connectivity index is 1.67. The van der Waals surface area contributed by atoms with Crippen molar-refractivity contribution >= 4 is 5.97 Å². The number of ether oxygens (including phenoxy) is 1. The zero-order chi connectivity index (χ0) is 19.6. The van der Waals surface area contributed by atoms with Gasteiger partial charge in [0, 0.05) is 5.92 Å². The highest BCUT2D eigenvalue weighted by atomic mass is 16.5. The van der Waals surface area contributed by atoms with Gasteiger partial charge in [0.05, 0.1) is 11.2 Å². The lowest BCUT2D eigenvalue weighted by atomic mass is 9.67. The minimum atomic E-state index is -0.790. The van der Waals surface area contributed by atoms with Crippen LogP contribution < -0.4 is 0 Å². The van der Waals surface area contributed by atoms with Crippen molar-refractivity contribution in [1.29, 1.82) is 0 Å². The van der Waals surface area contributed by atoms with Gasteiger partial charge in [-0.05, 0) is 79.0 Å². The number of phenols is 1. The first-order valence-electron chi connectivity index (χ1n) is 10.3. The summed E-state index contributed by atoms with van der Waals surface area (Å²) in [6, 6.07) is 6.20. The van der Waals surface area contributed by atoms with Gasteiger partial charge in [-0.2, -0.15) is 0 Å². The van der Waals surface area contributed by atoms with E-state index < -0.39 is 5.60 Å². The molecule has 3 fully saturated rings. The third-order valence-electron chi connectivity index (χ3n) is 8.04. The first kappa shape index (κ1) is 18.8. The number of esters is 1. The van der Waals surface area contributed by atoms with Crippen molar-refractivity contribution in [3.05, 3.63) is 29.8 Å². The molecule has 0 unspecified atom stereocenters. The van der Waals surface area contributed by atoms with Crippen LogP contribution in [0, 0.1) is 28.6 Å². The minimum absolute atomic E-state index is 0.0118. The van der Waals surface area contributed by atoms with Crippen molar-refractivity contribution in [2.45, 2.75) is 71.5 Å². The predicted molar refractivity (Wildman–Crippen MR) is 103 cm³/mol. The molecule has 4 heteroatoms. The summed E-state index contributed by atoms with van der Waals surface area (Å²) < 4.78 is 6.10. The molecule has 3 aliphatic rings. The maximum Gasteiger partial charge on any atom is 0.338 e. The molecule has 148 valence electrons. The lowest BCUT2D eigenvalue weighted by Crippen LogP contribution is -2.50. The summed E-state index contributed by atoms with van der Waals surface area (Å²) >= 11 is 0. The largest absolute Gasteiger partial charge is 0.508 e. The standard InChI is InChI=1S/C23H32O4/c1-14(2)23(26)10-9-21(3)11-16-12-22(16,4)13-18(19(21)23)27-20(25)15-5-7-17(24)8-6-15/h5-8,14,16,18-19,24,26H,9-13H2,1-4H3/t16-,18+,19-,21-,22-,23-/m1/s1. The van der Waals surface area contributed by atoms with Gasteiger partial charge in [-0.1, -0.05) is 27.7 Å². The number of rotatable bonds is 3. The van der Waals surface area contributed by atoms with Gasteiger partial charge in [0.1, 0.15) is 11.9 Å². The molecule has 3 aliphatic carbocycles. The van der Waals surface area contributed by atoms with Gasteiger partial charge in [-0.15, -0.1) is 0 Å². The number of phenolic OH excluding ortho intramolecular Hbond substituents is 1. The zero-order valence-corrected chi connectivity index (χ0v) is 16.9. The Morgan fingerprint density at radius 3 is 2.33 bits per heavy atom. The molecule has 4 rings (SSSR count). The van der Waals surface area contributed by atoms with Crippen molar-refractivity contribution < 1.29 is 19.7 Å². The number of hydrogen-bond acceptors (Lipinski definition) is 4. The molecule has 6 atom stereocenters. The summed E-state index contributed by atoms with van der Waals surface area (Å²) in [6.07, 6.45) is 4.65. The highest BCUT2D eigenvalue weighted by Gasteiger charge is 2.66. The topological polar surface area (TPSA) is 66.8 Å². The van der Waals surface area contributed by atoms with Crippen LogP contribution in [0.5, 0.6) is 5.75 Å². The number of aliphatic hydroxyl groups is 1. The van der Waals surface area contributed by atoms with Crippen molar-refractivity contribution in [2.75, 3.05) is 0 Å². The fourth-order valence-corrected chi connectivity index (χ4v) is 6.17. The molecule has 3 saturated carbocycles. The van der Waals surface area contributed by atoms with Crippen LogP contribution in [0.2, 0.25) is 0 Å². The third-order valence-corrected chi connectivity index (χ3v) is 8.04. The van der Waals surface area contributed by atoms with Gasteiger partial charge < -0.3 is 14.9 Å². The predicted octanol–water partition coefficient (Wildman–Crippen LogP) is 4.54. The van der Waals surface area contributed by atoms with Crippen LogP contribution in [0.25, 0.3) is 0 Å². The summed E-state index contributed by atoms with van der Waals surface area (Å²) in [5.74, 6) is 0.545. The van der Waals surface area contributed by atoms with E-state index in [0.29, 0.717) is 11.5 Å². The second-order valence-corrected chi connectivity index (χ2v) is 10.2. The Bertz CT molecular complexity index is 741. The summed E-state index contributed by atoms with van der Waals surface area (Å²) in [7, 11) is 0. The van der Waals surface area contributed by atoms with Crippen molar-refractivity contribution in [3.63, 3.8) is 0 Å². The van der Waals surface area contributed by atoms with Crippen molar-refractivity contribution in [2.24, 2.45) is 28.6 Å². The molecular formula is C23H32O4. The van der Waals surface area contributed by atoms with Gasteiger partial charge in [-0.3, -0.25) is 0 Å². The van der Waals surface area contributed by atoms with Crippen LogP contribution in [0.1, 0.15) is 70.2 Å². The number of aromatic hydroxyl groups is 1. The number of carbonyl (C=O) groups is 1. The summed E-state index contributed by atoms with van der Waals surface area (Å²) in [6.45, 7) is 8.76. The second-order valence-electron chi connectivity index (χ2n) is 10.2. The van der Waals surface area contributed by atoms with E-state index >= 15 is 0 Å². The Morgan fingerprint density at radius 2 is 1.70 bits per heavy atom. The van der Waals surface area contributed by atoms with Crippen LogP contribution in [0.4, 0.5) is 0 Å². The van der Waals surface area contributed by atoms with E-state index in [0.717, 1.165) is 25.7 Å². The molecule has 27 heavy (non-hydrogen) atoms. The first-order valence-corrected chi connectivity index (χ1v) is 10.3. The van der Waals surface area contributed by atoms with Gasteiger partial charge in [0.15, 0.2) is 0 Å². The van der Waals surface area contributed by atoms with E-state index in [2.05, 4.69) is 27.7 Å². The smallest absolute Gasteiger partial charge is 0.338 e. The lowest BCUT2D eigenvalue weighted by Gasteiger charge is -2.44. The van der Waals surface area contributed by atoms with Gasteiger partial charge in [0.2, 0.25) is 0 Å². The fourth-order valence-electron chi connectivity index (χ4n) is 6.17. The maximum atomic E-state index is 12.8. The molecular weight excluding hydrogens is 340 g/mol. The Labute approximate surface area is 161 Å². The number of carbonyl (C=O) groups excluding carboxylic acids is 1. The third kappa shape index (κ3) is 2.97. The molecule has 0 saturated heterocycles. The van der Waals surface area contributed by atoms with Crippen LogP contribution in [-0.2, 0) is 4.74 Å². The molecule has 1 aromatic rings. The van der Waals surface area contributed by atoms with E-state index in [1.54, 1.807) is 12.1 Å². The molecule has 1 aromatic carbocycles. The van der Waals surface area contributed by atoms with Gasteiger partial charge in [-0.25, -0.2) is 4.79 Å².